The summed E-state index contributed by atoms with van der Waals surface area (Å²) in [5.41, 5.74) is 7.07. The van der Waals surface area contributed by atoms with Crippen molar-refractivity contribution in [1.29, 1.82) is 0 Å². The molecule has 2 aromatic rings. The predicted octanol–water partition coefficient (Wildman–Crippen LogP) is 2.87. The molecule has 0 spiro atoms. The monoisotopic (exact) mass is 430 g/mol. The Kier molecular flexibility index (Phi) is 7.59. The van der Waals surface area contributed by atoms with Gasteiger partial charge in [-0.05, 0) is 37.6 Å². The Morgan fingerprint density at radius 2 is 1.77 bits per heavy atom. The Morgan fingerprint density at radius 1 is 1.10 bits per heavy atom. The smallest absolute Gasteiger partial charge is 0.258 e. The zero-order chi connectivity index (χ0) is 22.4. The van der Waals surface area contributed by atoms with E-state index in [-0.39, 0.29) is 11.9 Å². The summed E-state index contributed by atoms with van der Waals surface area (Å²) < 4.78 is 28.2. The average Bonchev–Trinajstić information content (AvgIpc) is 2.79. The Morgan fingerprint density at radius 3 is 2.35 bits per heavy atom. The fraction of sp³-hybridized carbons (Fsp3) is 0.435. The molecule has 168 valence electrons. The van der Waals surface area contributed by atoms with Gasteiger partial charge in [-0.3, -0.25) is 4.79 Å². The molecule has 1 amide bonds. The number of nitrogens with two attached hydrogens (primary N) is 1. The number of nitrogens with zero attached hydrogens (tertiary/aromatic N) is 1. The summed E-state index contributed by atoms with van der Waals surface area (Å²) >= 11 is 0. The molecule has 1 aliphatic rings. The summed E-state index contributed by atoms with van der Waals surface area (Å²) in [5, 5.41) is 0. The number of rotatable bonds is 8. The molecule has 1 saturated heterocycles. The number of amides is 1. The van der Waals surface area contributed by atoms with Crippen molar-refractivity contribution in [2.75, 3.05) is 47.6 Å². The van der Waals surface area contributed by atoms with Gasteiger partial charge in [0.1, 0.15) is 5.75 Å². The number of carbonyl (C=O) groups excluding carboxylic acids is 1. The molecule has 1 aliphatic heterocycles. The fourth-order valence-electron chi connectivity index (χ4n) is 3.62. The van der Waals surface area contributed by atoms with Crippen LogP contribution in [0.5, 0.6) is 28.7 Å². The van der Waals surface area contributed by atoms with E-state index in [1.165, 1.54) is 21.3 Å². The number of carbonyl (C=O) groups is 1. The summed E-state index contributed by atoms with van der Waals surface area (Å²) in [7, 11) is 4.50. The highest BCUT2D eigenvalue weighted by atomic mass is 16.5. The molecule has 3 rings (SSSR count). The predicted molar refractivity (Wildman–Crippen MR) is 117 cm³/mol. The van der Waals surface area contributed by atoms with E-state index >= 15 is 0 Å². The van der Waals surface area contributed by atoms with Gasteiger partial charge in [0.05, 0.1) is 46.1 Å². The third kappa shape index (κ3) is 4.86. The van der Waals surface area contributed by atoms with Crippen molar-refractivity contribution in [2.24, 2.45) is 5.73 Å². The van der Waals surface area contributed by atoms with E-state index in [0.29, 0.717) is 60.6 Å². The average molecular weight is 431 g/mol. The van der Waals surface area contributed by atoms with Crippen LogP contribution in [-0.2, 0) is 11.2 Å². The van der Waals surface area contributed by atoms with E-state index in [1.54, 1.807) is 11.0 Å². The molecule has 0 aromatic heterocycles. The van der Waals surface area contributed by atoms with Crippen LogP contribution in [0.3, 0.4) is 0 Å². The molecule has 0 saturated carbocycles. The standard InChI is InChI=1S/C23H30N2O6/c1-15-14-30-12-11-25(15)23(26)18-13-19(21(28-3)22(29-4)20(18)27-2)31-17-7-5-16(6-8-17)9-10-24/h5-8,13,15H,9-12,14,24H2,1-4H3/t15-/m1/s1. The second-order valence-corrected chi connectivity index (χ2v) is 7.23. The van der Waals surface area contributed by atoms with Crippen LogP contribution < -0.4 is 24.7 Å². The van der Waals surface area contributed by atoms with Gasteiger partial charge < -0.3 is 34.3 Å². The second kappa shape index (κ2) is 10.4. The van der Waals surface area contributed by atoms with E-state index in [9.17, 15) is 4.79 Å². The maximum absolute atomic E-state index is 13.4. The van der Waals surface area contributed by atoms with Gasteiger partial charge in [-0.1, -0.05) is 12.1 Å². The van der Waals surface area contributed by atoms with Crippen LogP contribution in [-0.4, -0.2) is 64.5 Å². The van der Waals surface area contributed by atoms with Crippen LogP contribution in [0.1, 0.15) is 22.8 Å². The third-order valence-electron chi connectivity index (χ3n) is 5.21. The van der Waals surface area contributed by atoms with E-state index in [4.69, 9.17) is 29.4 Å². The first-order valence-electron chi connectivity index (χ1n) is 10.2. The van der Waals surface area contributed by atoms with Crippen molar-refractivity contribution in [1.82, 2.24) is 4.90 Å². The van der Waals surface area contributed by atoms with Crippen molar-refractivity contribution in [2.45, 2.75) is 19.4 Å². The Balaban J connectivity index is 2.03. The van der Waals surface area contributed by atoms with Crippen molar-refractivity contribution in [3.8, 4) is 28.7 Å². The van der Waals surface area contributed by atoms with Gasteiger partial charge >= 0.3 is 0 Å². The molecule has 0 radical (unpaired) electrons. The van der Waals surface area contributed by atoms with E-state index in [2.05, 4.69) is 0 Å². The van der Waals surface area contributed by atoms with Crippen molar-refractivity contribution in [3.05, 3.63) is 41.5 Å². The van der Waals surface area contributed by atoms with Crippen molar-refractivity contribution in [3.63, 3.8) is 0 Å². The van der Waals surface area contributed by atoms with E-state index in [1.807, 2.05) is 31.2 Å². The van der Waals surface area contributed by atoms with Crippen LogP contribution >= 0.6 is 0 Å². The van der Waals surface area contributed by atoms with Crippen LogP contribution in [0.25, 0.3) is 0 Å². The normalized spacial score (nSPS) is 16.0. The lowest BCUT2D eigenvalue weighted by Gasteiger charge is -2.34. The number of hydrogen-bond donors (Lipinski definition) is 1. The molecule has 31 heavy (non-hydrogen) atoms. The topological polar surface area (TPSA) is 92.5 Å². The van der Waals surface area contributed by atoms with E-state index in [0.717, 1.165) is 12.0 Å². The maximum Gasteiger partial charge on any atom is 0.258 e. The first kappa shape index (κ1) is 22.7. The Hall–Kier alpha value is -2.97. The minimum atomic E-state index is -0.184. The lowest BCUT2D eigenvalue weighted by molar-refractivity contribution is 0.00339. The number of morpholine rings is 1. The quantitative estimate of drug-likeness (QED) is 0.688. The first-order chi connectivity index (χ1) is 15.0. The molecule has 8 heteroatoms. The molecule has 0 bridgehead atoms. The number of methoxy groups -OCH3 is 3. The summed E-state index contributed by atoms with van der Waals surface area (Å²) in [6, 6.07) is 9.20. The third-order valence-corrected chi connectivity index (χ3v) is 5.21. The van der Waals surface area contributed by atoms with Gasteiger partial charge in [0.25, 0.3) is 5.91 Å². The number of benzene rings is 2. The van der Waals surface area contributed by atoms with Gasteiger partial charge in [0, 0.05) is 12.6 Å². The van der Waals surface area contributed by atoms with Gasteiger partial charge in [-0.25, -0.2) is 0 Å². The lowest BCUT2D eigenvalue weighted by Crippen LogP contribution is -2.47. The molecular formula is C23H30N2O6. The molecule has 1 atom stereocenters. The van der Waals surface area contributed by atoms with Gasteiger partial charge in [0.15, 0.2) is 11.5 Å². The largest absolute Gasteiger partial charge is 0.492 e. The van der Waals surface area contributed by atoms with Gasteiger partial charge in [0.2, 0.25) is 11.5 Å². The minimum absolute atomic E-state index is 0.0569. The molecule has 2 aromatic carbocycles. The lowest BCUT2D eigenvalue weighted by atomic mass is 10.1. The minimum Gasteiger partial charge on any atom is -0.492 e. The zero-order valence-electron chi connectivity index (χ0n) is 18.5. The summed E-state index contributed by atoms with van der Waals surface area (Å²) in [6.45, 7) is 4.00. The summed E-state index contributed by atoms with van der Waals surface area (Å²) in [4.78, 5) is 15.2. The summed E-state index contributed by atoms with van der Waals surface area (Å²) in [6.07, 6.45) is 0.788. The summed E-state index contributed by atoms with van der Waals surface area (Å²) in [5.74, 6) is 1.72. The van der Waals surface area contributed by atoms with Crippen LogP contribution in [0.15, 0.2) is 30.3 Å². The van der Waals surface area contributed by atoms with Crippen molar-refractivity contribution < 1.29 is 28.5 Å². The van der Waals surface area contributed by atoms with E-state index < -0.39 is 0 Å². The molecule has 8 nitrogen and oxygen atoms in total. The van der Waals surface area contributed by atoms with Crippen LogP contribution in [0, 0.1) is 0 Å². The van der Waals surface area contributed by atoms with Crippen LogP contribution in [0.2, 0.25) is 0 Å². The number of hydrogen-bond acceptors (Lipinski definition) is 7. The zero-order valence-corrected chi connectivity index (χ0v) is 18.5. The van der Waals surface area contributed by atoms with Crippen LogP contribution in [0.4, 0.5) is 0 Å². The first-order valence-corrected chi connectivity index (χ1v) is 10.2. The Labute approximate surface area is 182 Å². The highest BCUT2D eigenvalue weighted by Crippen LogP contribution is 2.48. The SMILES string of the molecule is COc1c(Oc2ccc(CCN)cc2)cc(C(=O)N2CCOC[C@H]2C)c(OC)c1OC. The molecule has 1 fully saturated rings. The number of ether oxygens (including phenoxy) is 5. The second-order valence-electron chi connectivity index (χ2n) is 7.23. The molecule has 0 unspecified atom stereocenters. The molecular weight excluding hydrogens is 400 g/mol. The van der Waals surface area contributed by atoms with Gasteiger partial charge in [-0.15, -0.1) is 0 Å². The molecule has 0 aliphatic carbocycles. The Bertz CT molecular complexity index is 900. The molecule has 2 N–H and O–H groups in total. The highest BCUT2D eigenvalue weighted by Gasteiger charge is 2.31. The van der Waals surface area contributed by atoms with Gasteiger partial charge in [-0.2, -0.15) is 0 Å². The van der Waals surface area contributed by atoms with Crippen molar-refractivity contribution >= 4 is 5.91 Å². The maximum atomic E-state index is 13.4. The highest BCUT2D eigenvalue weighted by molar-refractivity contribution is 5.99. The fourth-order valence-corrected chi connectivity index (χ4v) is 3.62. The molecule has 1 heterocycles.